The predicted octanol–water partition coefficient (Wildman–Crippen LogP) is 2.43. The van der Waals surface area contributed by atoms with Crippen LogP contribution in [-0.2, 0) is 4.79 Å². The molecule has 7 heteroatoms. The van der Waals surface area contributed by atoms with Crippen molar-refractivity contribution in [2.45, 2.75) is 6.92 Å². The van der Waals surface area contributed by atoms with Gasteiger partial charge in [-0.3, -0.25) is 14.7 Å². The zero-order valence-corrected chi connectivity index (χ0v) is 10.8. The van der Waals surface area contributed by atoms with Gasteiger partial charge in [-0.25, -0.2) is 4.68 Å². The van der Waals surface area contributed by atoms with Gasteiger partial charge in [-0.2, -0.15) is 0 Å². The summed E-state index contributed by atoms with van der Waals surface area (Å²) in [6, 6.07) is 6.03. The Labute approximate surface area is 112 Å². The van der Waals surface area contributed by atoms with E-state index in [-0.39, 0.29) is 11.5 Å². The highest BCUT2D eigenvalue weighted by Gasteiger charge is 2.09. The van der Waals surface area contributed by atoms with E-state index in [1.54, 1.807) is 18.2 Å². The van der Waals surface area contributed by atoms with Crippen molar-refractivity contribution >= 4 is 34.9 Å². The van der Waals surface area contributed by atoms with Crippen LogP contribution in [0, 0.1) is 0 Å². The van der Waals surface area contributed by atoms with E-state index in [0.717, 1.165) is 0 Å². The molecule has 0 unspecified atom stereocenters. The smallest absolute Gasteiger partial charge is 0.273 e. The van der Waals surface area contributed by atoms with Gasteiger partial charge in [0.15, 0.2) is 0 Å². The van der Waals surface area contributed by atoms with Gasteiger partial charge in [0.2, 0.25) is 5.91 Å². The van der Waals surface area contributed by atoms with E-state index in [1.165, 1.54) is 17.7 Å². The quantitative estimate of drug-likeness (QED) is 0.890. The van der Waals surface area contributed by atoms with Gasteiger partial charge in [0.1, 0.15) is 5.82 Å². The molecule has 18 heavy (non-hydrogen) atoms. The van der Waals surface area contributed by atoms with Crippen molar-refractivity contribution in [2.24, 2.45) is 0 Å². The van der Waals surface area contributed by atoms with Crippen molar-refractivity contribution in [1.82, 2.24) is 9.78 Å². The molecule has 1 aromatic carbocycles. The van der Waals surface area contributed by atoms with Crippen LogP contribution in [0.4, 0.5) is 5.82 Å². The van der Waals surface area contributed by atoms with Crippen LogP contribution in [-0.4, -0.2) is 15.7 Å². The number of benzene rings is 1. The number of amides is 1. The van der Waals surface area contributed by atoms with Crippen molar-refractivity contribution in [3.8, 4) is 5.69 Å². The Hall–Kier alpha value is -1.72. The number of rotatable bonds is 2. The van der Waals surface area contributed by atoms with Gasteiger partial charge in [0.05, 0.1) is 10.7 Å². The Morgan fingerprint density at radius 1 is 1.33 bits per heavy atom. The number of halogens is 2. The van der Waals surface area contributed by atoms with Crippen molar-refractivity contribution in [1.29, 1.82) is 0 Å². The van der Waals surface area contributed by atoms with E-state index in [1.807, 2.05) is 0 Å². The monoisotopic (exact) mass is 285 g/mol. The lowest BCUT2D eigenvalue weighted by Crippen LogP contribution is -2.13. The third kappa shape index (κ3) is 2.57. The SMILES string of the molecule is CC(=O)Nc1cc(=O)n(-c2cc(Cl)ccc2Cl)[nH]1. The van der Waals surface area contributed by atoms with E-state index in [2.05, 4.69) is 10.4 Å². The fraction of sp³-hybridized carbons (Fsp3) is 0.0909. The van der Waals surface area contributed by atoms with Crippen molar-refractivity contribution in [2.75, 3.05) is 5.32 Å². The Kier molecular flexibility index (Phi) is 3.45. The minimum absolute atomic E-state index is 0.277. The maximum Gasteiger partial charge on any atom is 0.273 e. The number of aromatic nitrogens is 2. The summed E-state index contributed by atoms with van der Waals surface area (Å²) in [7, 11) is 0. The minimum Gasteiger partial charge on any atom is -0.311 e. The Bertz CT molecular complexity index is 661. The van der Waals surface area contributed by atoms with Crippen LogP contribution in [0.2, 0.25) is 10.0 Å². The molecule has 1 heterocycles. The summed E-state index contributed by atoms with van der Waals surface area (Å²) in [6.07, 6.45) is 0. The summed E-state index contributed by atoms with van der Waals surface area (Å²) in [6.45, 7) is 1.35. The largest absolute Gasteiger partial charge is 0.311 e. The molecule has 2 aromatic rings. The second kappa shape index (κ2) is 4.88. The predicted molar refractivity (Wildman–Crippen MR) is 70.7 cm³/mol. The summed E-state index contributed by atoms with van der Waals surface area (Å²) < 4.78 is 1.21. The third-order valence-electron chi connectivity index (χ3n) is 2.18. The van der Waals surface area contributed by atoms with Gasteiger partial charge < -0.3 is 5.32 Å². The van der Waals surface area contributed by atoms with Gasteiger partial charge in [0.25, 0.3) is 5.56 Å². The van der Waals surface area contributed by atoms with Crippen LogP contribution in [0.15, 0.2) is 29.1 Å². The van der Waals surface area contributed by atoms with Gasteiger partial charge in [-0.05, 0) is 18.2 Å². The molecule has 0 saturated heterocycles. The van der Waals surface area contributed by atoms with Crippen molar-refractivity contribution in [3.63, 3.8) is 0 Å². The van der Waals surface area contributed by atoms with E-state index < -0.39 is 0 Å². The first kappa shape index (κ1) is 12.7. The number of carbonyl (C=O) groups is 1. The fourth-order valence-corrected chi connectivity index (χ4v) is 1.85. The number of hydrogen-bond donors (Lipinski definition) is 2. The number of H-pyrrole nitrogens is 1. The van der Waals surface area contributed by atoms with Crippen molar-refractivity contribution < 1.29 is 4.79 Å². The second-order valence-corrected chi connectivity index (χ2v) is 4.46. The first-order chi connectivity index (χ1) is 8.47. The standard InChI is InChI=1S/C11H9Cl2N3O2/c1-6(17)14-10-5-11(18)16(15-10)9-4-7(12)2-3-8(9)13/h2-5,15H,1H3,(H,14,17). The van der Waals surface area contributed by atoms with Crippen LogP contribution in [0.1, 0.15) is 6.92 Å². The molecule has 0 aliphatic carbocycles. The van der Waals surface area contributed by atoms with Crippen LogP contribution < -0.4 is 10.9 Å². The molecule has 0 aliphatic heterocycles. The number of nitrogens with zero attached hydrogens (tertiary/aromatic N) is 1. The average molecular weight is 286 g/mol. The number of hydrogen-bond acceptors (Lipinski definition) is 2. The van der Waals surface area contributed by atoms with Gasteiger partial charge in [-0.15, -0.1) is 0 Å². The first-order valence-corrected chi connectivity index (χ1v) is 5.78. The number of aromatic amines is 1. The lowest BCUT2D eigenvalue weighted by Gasteiger charge is -2.05. The van der Waals surface area contributed by atoms with Crippen LogP contribution in [0.5, 0.6) is 0 Å². The van der Waals surface area contributed by atoms with E-state index in [0.29, 0.717) is 21.6 Å². The van der Waals surface area contributed by atoms with E-state index >= 15 is 0 Å². The van der Waals surface area contributed by atoms with Crippen molar-refractivity contribution in [3.05, 3.63) is 44.7 Å². The molecule has 5 nitrogen and oxygen atoms in total. The summed E-state index contributed by atoms with van der Waals surface area (Å²) in [5, 5.41) is 6.03. The highest BCUT2D eigenvalue weighted by atomic mass is 35.5. The highest BCUT2D eigenvalue weighted by Crippen LogP contribution is 2.23. The molecule has 0 bridgehead atoms. The molecular formula is C11H9Cl2N3O2. The van der Waals surface area contributed by atoms with E-state index in [9.17, 15) is 9.59 Å². The number of carbonyl (C=O) groups excluding carboxylic acids is 1. The Morgan fingerprint density at radius 3 is 2.72 bits per heavy atom. The Morgan fingerprint density at radius 2 is 2.06 bits per heavy atom. The zero-order valence-electron chi connectivity index (χ0n) is 9.33. The summed E-state index contributed by atoms with van der Waals surface area (Å²) in [5.74, 6) is 0.0177. The third-order valence-corrected chi connectivity index (χ3v) is 2.73. The van der Waals surface area contributed by atoms with Gasteiger partial charge >= 0.3 is 0 Å². The van der Waals surface area contributed by atoms with Gasteiger partial charge in [-0.1, -0.05) is 23.2 Å². The molecule has 1 amide bonds. The molecule has 1 aromatic heterocycles. The Balaban J connectivity index is 2.51. The number of anilines is 1. The van der Waals surface area contributed by atoms with Crippen LogP contribution >= 0.6 is 23.2 Å². The molecule has 0 spiro atoms. The normalized spacial score (nSPS) is 10.4. The maximum absolute atomic E-state index is 11.8. The summed E-state index contributed by atoms with van der Waals surface area (Å²) in [5.41, 5.74) is 0.0775. The van der Waals surface area contributed by atoms with Crippen LogP contribution in [0.25, 0.3) is 5.69 Å². The lowest BCUT2D eigenvalue weighted by molar-refractivity contribution is -0.114. The summed E-state index contributed by atoms with van der Waals surface area (Å²) >= 11 is 11.8. The topological polar surface area (TPSA) is 66.9 Å². The lowest BCUT2D eigenvalue weighted by atomic mass is 10.3. The molecule has 0 aliphatic rings. The minimum atomic E-state index is -0.345. The molecule has 94 valence electrons. The molecule has 0 saturated carbocycles. The molecular weight excluding hydrogens is 277 g/mol. The molecule has 0 radical (unpaired) electrons. The molecule has 0 fully saturated rings. The number of nitrogens with one attached hydrogen (secondary N) is 2. The van der Waals surface area contributed by atoms with Gasteiger partial charge in [0, 0.05) is 18.0 Å². The fourth-order valence-electron chi connectivity index (χ4n) is 1.49. The second-order valence-electron chi connectivity index (χ2n) is 3.62. The average Bonchev–Trinajstić information content (AvgIpc) is 2.62. The molecule has 2 N–H and O–H groups in total. The molecule has 2 rings (SSSR count). The first-order valence-electron chi connectivity index (χ1n) is 5.02. The summed E-state index contributed by atoms with van der Waals surface area (Å²) in [4.78, 5) is 22.7. The highest BCUT2D eigenvalue weighted by molar-refractivity contribution is 6.34. The maximum atomic E-state index is 11.8. The van der Waals surface area contributed by atoms with E-state index in [4.69, 9.17) is 23.2 Å². The zero-order chi connectivity index (χ0) is 13.3. The molecule has 0 atom stereocenters. The van der Waals surface area contributed by atoms with Crippen LogP contribution in [0.3, 0.4) is 0 Å².